The first kappa shape index (κ1) is 4.46. The number of hydrogen-bond donors (Lipinski definition) is 0. The average Bonchev–Trinajstić information content (AvgIpc) is 1.86. The van der Waals surface area contributed by atoms with Gasteiger partial charge in [-0.3, -0.25) is 0 Å². The Morgan fingerprint density at radius 3 is 3.00 bits per heavy atom. The fourth-order valence-electron chi connectivity index (χ4n) is 0.213. The van der Waals surface area contributed by atoms with Gasteiger partial charge in [0, 0.05) is 0 Å². The second-order valence-corrected chi connectivity index (χ2v) is 2.47. The van der Waals surface area contributed by atoms with Crippen LogP contribution in [0.2, 0.25) is 0 Å². The summed E-state index contributed by atoms with van der Waals surface area (Å²) < 4.78 is 1.71. The van der Waals surface area contributed by atoms with E-state index in [4.69, 9.17) is 0 Å². The molecule has 0 bridgehead atoms. The highest BCUT2D eigenvalue weighted by molar-refractivity contribution is 9.07. The van der Waals surface area contributed by atoms with Gasteiger partial charge in [0.15, 0.2) is 0 Å². The van der Waals surface area contributed by atoms with Gasteiger partial charge in [-0.1, -0.05) is 11.8 Å². The molecule has 0 amide bonds. The van der Waals surface area contributed by atoms with E-state index in [9.17, 15) is 0 Å². The normalized spacial score (nSPS) is 19.8. The molecule has 2 nitrogen and oxygen atoms in total. The molecule has 1 heterocycles. The standard InChI is InChI=1S/C2H3BrN2S/c3-5-2-6-1-4-5/h1H,2H2. The Morgan fingerprint density at radius 2 is 2.83 bits per heavy atom. The number of hydrazone groups is 1. The predicted molar refractivity (Wildman–Crippen MR) is 31.7 cm³/mol. The van der Waals surface area contributed by atoms with Crippen LogP contribution in [0.15, 0.2) is 5.10 Å². The molecule has 4 heteroatoms. The number of thioether (sulfide) groups is 1. The lowest BCUT2D eigenvalue weighted by atomic mass is 11.5. The molecule has 1 rings (SSSR count). The Kier molecular flexibility index (Phi) is 1.37. The van der Waals surface area contributed by atoms with Crippen molar-refractivity contribution in [2.24, 2.45) is 5.10 Å². The fraction of sp³-hybridized carbons (Fsp3) is 0.500. The van der Waals surface area contributed by atoms with Crippen LogP contribution >= 0.6 is 27.9 Å². The fourth-order valence-corrected chi connectivity index (χ4v) is 1.22. The van der Waals surface area contributed by atoms with Gasteiger partial charge in [-0.2, -0.15) is 5.10 Å². The molecular weight excluding hydrogens is 164 g/mol. The summed E-state index contributed by atoms with van der Waals surface area (Å²) in [6.45, 7) is 0. The topological polar surface area (TPSA) is 15.6 Å². The third-order valence-corrected chi connectivity index (χ3v) is 1.83. The zero-order valence-corrected chi connectivity index (χ0v) is 5.37. The molecule has 6 heavy (non-hydrogen) atoms. The maximum absolute atomic E-state index is 3.82. The Labute approximate surface area is 48.9 Å². The van der Waals surface area contributed by atoms with Gasteiger partial charge >= 0.3 is 0 Å². The van der Waals surface area contributed by atoms with Gasteiger partial charge in [0.1, 0.15) is 0 Å². The number of rotatable bonds is 0. The minimum atomic E-state index is 0.931. The van der Waals surface area contributed by atoms with Gasteiger partial charge < -0.3 is 0 Å². The molecule has 0 aromatic rings. The summed E-state index contributed by atoms with van der Waals surface area (Å²) in [5, 5.41) is 3.82. The molecule has 0 saturated heterocycles. The molecule has 0 radical (unpaired) electrons. The van der Waals surface area contributed by atoms with Crippen LogP contribution < -0.4 is 0 Å². The minimum absolute atomic E-state index is 0.931. The molecule has 0 spiro atoms. The van der Waals surface area contributed by atoms with Gasteiger partial charge in [0.25, 0.3) is 0 Å². The molecule has 0 atom stereocenters. The third-order valence-electron chi connectivity index (χ3n) is 0.428. The number of nitrogens with zero attached hydrogens (tertiary/aromatic N) is 2. The quantitative estimate of drug-likeness (QED) is 0.504. The summed E-state index contributed by atoms with van der Waals surface area (Å²) in [4.78, 5) is 0. The van der Waals surface area contributed by atoms with Gasteiger partial charge in [0.05, 0.1) is 27.6 Å². The van der Waals surface area contributed by atoms with Crippen LogP contribution in [0.1, 0.15) is 0 Å². The molecule has 0 aliphatic carbocycles. The van der Waals surface area contributed by atoms with E-state index in [1.54, 1.807) is 21.3 Å². The first-order valence-corrected chi connectivity index (χ1v) is 3.23. The molecule has 1 aliphatic heterocycles. The van der Waals surface area contributed by atoms with E-state index in [0.29, 0.717) is 0 Å². The molecule has 1 aliphatic rings. The van der Waals surface area contributed by atoms with E-state index in [-0.39, 0.29) is 0 Å². The summed E-state index contributed by atoms with van der Waals surface area (Å²) in [6, 6.07) is 0. The van der Waals surface area contributed by atoms with Crippen LogP contribution in [0.25, 0.3) is 0 Å². The molecule has 34 valence electrons. The first-order chi connectivity index (χ1) is 2.89. The van der Waals surface area contributed by atoms with Gasteiger partial charge in [0.2, 0.25) is 0 Å². The predicted octanol–water partition coefficient (Wildman–Crippen LogP) is 1.25. The largest absolute Gasteiger partial charge is 0.219 e. The lowest BCUT2D eigenvalue weighted by Gasteiger charge is -1.94. The SMILES string of the molecule is BrN1CSC=N1. The van der Waals surface area contributed by atoms with Crippen LogP contribution in [0.4, 0.5) is 0 Å². The summed E-state index contributed by atoms with van der Waals surface area (Å²) in [7, 11) is 0. The maximum Gasteiger partial charge on any atom is 0.0994 e. The highest BCUT2D eigenvalue weighted by atomic mass is 79.9. The van der Waals surface area contributed by atoms with E-state index >= 15 is 0 Å². The number of hydrogen-bond acceptors (Lipinski definition) is 3. The summed E-state index contributed by atoms with van der Waals surface area (Å²) in [6.07, 6.45) is 0. The van der Waals surface area contributed by atoms with E-state index in [1.807, 2.05) is 0 Å². The maximum atomic E-state index is 3.82. The summed E-state index contributed by atoms with van der Waals surface area (Å²) >= 11 is 4.82. The average molecular weight is 167 g/mol. The van der Waals surface area contributed by atoms with Crippen molar-refractivity contribution < 1.29 is 0 Å². The van der Waals surface area contributed by atoms with Crippen LogP contribution in [-0.2, 0) is 0 Å². The van der Waals surface area contributed by atoms with Crippen molar-refractivity contribution in [1.29, 1.82) is 0 Å². The summed E-state index contributed by atoms with van der Waals surface area (Å²) in [5.41, 5.74) is 1.80. The zero-order chi connectivity index (χ0) is 4.41. The van der Waals surface area contributed by atoms with Crippen molar-refractivity contribution >= 4 is 33.5 Å². The lowest BCUT2D eigenvalue weighted by Crippen LogP contribution is -1.91. The van der Waals surface area contributed by atoms with Crippen LogP contribution in [0.5, 0.6) is 0 Å². The second-order valence-electron chi connectivity index (χ2n) is 0.853. The summed E-state index contributed by atoms with van der Waals surface area (Å²) in [5.74, 6) is 0.931. The molecule has 0 saturated carbocycles. The highest BCUT2D eigenvalue weighted by Crippen LogP contribution is 2.12. The van der Waals surface area contributed by atoms with Crippen molar-refractivity contribution in [2.45, 2.75) is 0 Å². The monoisotopic (exact) mass is 166 g/mol. The van der Waals surface area contributed by atoms with Gasteiger partial charge in [-0.25, -0.2) is 4.03 Å². The molecule has 0 N–H and O–H groups in total. The van der Waals surface area contributed by atoms with Crippen molar-refractivity contribution in [3.63, 3.8) is 0 Å². The van der Waals surface area contributed by atoms with Crippen LogP contribution in [0, 0.1) is 0 Å². The Bertz CT molecular complexity index is 73.9. The Balaban J connectivity index is 2.38. The first-order valence-electron chi connectivity index (χ1n) is 1.47. The van der Waals surface area contributed by atoms with Gasteiger partial charge in [-0.05, 0) is 0 Å². The second kappa shape index (κ2) is 1.84. The van der Waals surface area contributed by atoms with E-state index in [0.717, 1.165) is 5.88 Å². The molecule has 0 aromatic carbocycles. The van der Waals surface area contributed by atoms with E-state index in [1.165, 1.54) is 0 Å². The lowest BCUT2D eigenvalue weighted by molar-refractivity contribution is 0.631. The molecule has 0 unspecified atom stereocenters. The van der Waals surface area contributed by atoms with Crippen LogP contribution in [-0.4, -0.2) is 15.5 Å². The highest BCUT2D eigenvalue weighted by Gasteiger charge is 1.97. The number of halogens is 1. The molecule has 0 aromatic heterocycles. The zero-order valence-electron chi connectivity index (χ0n) is 2.97. The van der Waals surface area contributed by atoms with Crippen molar-refractivity contribution in [1.82, 2.24) is 4.03 Å². The third kappa shape index (κ3) is 0.879. The minimum Gasteiger partial charge on any atom is -0.219 e. The van der Waals surface area contributed by atoms with E-state index < -0.39 is 0 Å². The van der Waals surface area contributed by atoms with Crippen LogP contribution in [0.3, 0.4) is 0 Å². The smallest absolute Gasteiger partial charge is 0.0994 e. The Hall–Kier alpha value is 0.300. The van der Waals surface area contributed by atoms with E-state index in [2.05, 4.69) is 21.2 Å². The van der Waals surface area contributed by atoms with Crippen molar-refractivity contribution in [3.05, 3.63) is 0 Å². The Morgan fingerprint density at radius 1 is 2.00 bits per heavy atom. The van der Waals surface area contributed by atoms with Gasteiger partial charge in [-0.15, -0.1) is 0 Å². The molecular formula is C2H3BrN2S. The van der Waals surface area contributed by atoms with Crippen molar-refractivity contribution in [2.75, 3.05) is 5.88 Å². The van der Waals surface area contributed by atoms with Crippen molar-refractivity contribution in [3.8, 4) is 0 Å². The molecule has 0 fully saturated rings.